The summed E-state index contributed by atoms with van der Waals surface area (Å²) in [5, 5.41) is 13.4. The Morgan fingerprint density at radius 3 is 2.50 bits per heavy atom. The number of esters is 1. The van der Waals surface area contributed by atoms with Crippen molar-refractivity contribution in [1.82, 2.24) is 5.32 Å². The van der Waals surface area contributed by atoms with E-state index in [1.165, 1.54) is 7.11 Å². The molecule has 0 saturated carbocycles. The fourth-order valence-corrected chi connectivity index (χ4v) is 1.95. The molecule has 1 aromatic rings. The molecule has 0 aliphatic heterocycles. The molecule has 4 N–H and O–H groups in total. The van der Waals surface area contributed by atoms with E-state index in [4.69, 9.17) is 22.1 Å². The van der Waals surface area contributed by atoms with Gasteiger partial charge < -0.3 is 15.6 Å². The second kappa shape index (κ2) is 6.43. The highest BCUT2D eigenvalue weighted by Crippen LogP contribution is 2.26. The van der Waals surface area contributed by atoms with E-state index in [2.05, 4.69) is 5.32 Å². The van der Waals surface area contributed by atoms with E-state index in [0.29, 0.717) is 16.3 Å². The minimum absolute atomic E-state index is 0.355. The number of rotatable bonds is 4. The molecule has 0 amide bonds. The van der Waals surface area contributed by atoms with E-state index >= 15 is 0 Å². The molecule has 0 bridgehead atoms. The zero-order valence-corrected chi connectivity index (χ0v) is 12.9. The van der Waals surface area contributed by atoms with E-state index in [1.807, 2.05) is 20.8 Å². The Kier molecular flexibility index (Phi) is 5.39. The Morgan fingerprint density at radius 2 is 2.05 bits per heavy atom. The van der Waals surface area contributed by atoms with Crippen LogP contribution in [-0.2, 0) is 9.53 Å². The molecule has 6 heteroatoms. The molecule has 1 unspecified atom stereocenters. The van der Waals surface area contributed by atoms with Crippen molar-refractivity contribution in [1.29, 1.82) is 0 Å². The summed E-state index contributed by atoms with van der Waals surface area (Å²) in [6, 6.07) is 4.16. The van der Waals surface area contributed by atoms with Gasteiger partial charge in [-0.05, 0) is 23.1 Å². The molecule has 1 aromatic carbocycles. The van der Waals surface area contributed by atoms with Crippen molar-refractivity contribution < 1.29 is 14.6 Å². The number of carbonyl (C=O) groups is 1. The standard InChI is InChI=1S/C14H21ClN2O3/c1-14(2,3)11(13(19)20-4)17-12(18)8-5-6-10(16)9(15)7-8/h5-7,11-12,17-18H,16H2,1-4H3/t11-,12?/m1/s1. The second-order valence-corrected chi connectivity index (χ2v) is 6.08. The summed E-state index contributed by atoms with van der Waals surface area (Å²) in [6.07, 6.45) is -1.04. The Labute approximate surface area is 124 Å². The van der Waals surface area contributed by atoms with Crippen LogP contribution in [0.15, 0.2) is 18.2 Å². The number of nitrogens with two attached hydrogens (primary N) is 1. The minimum atomic E-state index is -1.04. The third-order valence-electron chi connectivity index (χ3n) is 2.97. The number of halogens is 1. The lowest BCUT2D eigenvalue weighted by molar-refractivity contribution is -0.147. The normalized spacial score (nSPS) is 14.7. The molecule has 0 saturated heterocycles. The summed E-state index contributed by atoms with van der Waals surface area (Å²) in [5.74, 6) is -0.432. The Morgan fingerprint density at radius 1 is 1.45 bits per heavy atom. The van der Waals surface area contributed by atoms with Gasteiger partial charge in [-0.1, -0.05) is 38.4 Å². The molecule has 0 aliphatic rings. The molecule has 0 aromatic heterocycles. The van der Waals surface area contributed by atoms with E-state index in [1.54, 1.807) is 18.2 Å². The highest BCUT2D eigenvalue weighted by Gasteiger charge is 2.33. The largest absolute Gasteiger partial charge is 0.468 e. The number of hydrogen-bond donors (Lipinski definition) is 3. The number of hydrogen-bond acceptors (Lipinski definition) is 5. The molecule has 0 aliphatic carbocycles. The Bertz CT molecular complexity index is 486. The number of carbonyl (C=O) groups excluding carboxylic acids is 1. The van der Waals surface area contributed by atoms with Crippen LogP contribution in [0.3, 0.4) is 0 Å². The van der Waals surface area contributed by atoms with Crippen molar-refractivity contribution in [2.24, 2.45) is 5.41 Å². The van der Waals surface area contributed by atoms with Gasteiger partial charge in [0.15, 0.2) is 0 Å². The van der Waals surface area contributed by atoms with Gasteiger partial charge in [-0.2, -0.15) is 0 Å². The molecule has 0 fully saturated rings. The monoisotopic (exact) mass is 300 g/mol. The predicted molar refractivity (Wildman–Crippen MR) is 79.2 cm³/mol. The number of nitrogens with one attached hydrogen (secondary N) is 1. The molecule has 1 rings (SSSR count). The molecule has 0 spiro atoms. The predicted octanol–water partition coefficient (Wildman–Crippen LogP) is 2.09. The molecule has 0 heterocycles. The fraction of sp³-hybridized carbons (Fsp3) is 0.500. The lowest BCUT2D eigenvalue weighted by Gasteiger charge is -2.31. The average Bonchev–Trinajstić information content (AvgIpc) is 2.36. The SMILES string of the molecule is COC(=O)[C@@H](NC(O)c1ccc(N)c(Cl)c1)C(C)(C)C. The van der Waals surface area contributed by atoms with Crippen LogP contribution in [0.2, 0.25) is 5.02 Å². The number of nitrogen functional groups attached to an aromatic ring is 1. The van der Waals surface area contributed by atoms with E-state index in [0.717, 1.165) is 0 Å². The van der Waals surface area contributed by atoms with E-state index in [-0.39, 0.29) is 0 Å². The first-order valence-electron chi connectivity index (χ1n) is 6.23. The zero-order chi connectivity index (χ0) is 15.5. The smallest absolute Gasteiger partial charge is 0.323 e. The third kappa shape index (κ3) is 4.10. The van der Waals surface area contributed by atoms with Gasteiger partial charge in [0.1, 0.15) is 12.3 Å². The number of aliphatic hydroxyl groups is 1. The first-order chi connectivity index (χ1) is 9.16. The van der Waals surface area contributed by atoms with Gasteiger partial charge >= 0.3 is 5.97 Å². The number of aliphatic hydroxyl groups excluding tert-OH is 1. The van der Waals surface area contributed by atoms with Crippen LogP contribution < -0.4 is 11.1 Å². The summed E-state index contributed by atoms with van der Waals surface area (Å²) < 4.78 is 4.76. The quantitative estimate of drug-likeness (QED) is 0.450. The topological polar surface area (TPSA) is 84.6 Å². The maximum Gasteiger partial charge on any atom is 0.323 e. The Balaban J connectivity index is 2.93. The molecular formula is C14H21ClN2O3. The van der Waals surface area contributed by atoms with Gasteiger partial charge in [0, 0.05) is 0 Å². The van der Waals surface area contributed by atoms with Crippen molar-refractivity contribution in [2.75, 3.05) is 12.8 Å². The van der Waals surface area contributed by atoms with Crippen LogP contribution in [0.1, 0.15) is 32.6 Å². The number of methoxy groups -OCH3 is 1. The van der Waals surface area contributed by atoms with Gasteiger partial charge in [-0.3, -0.25) is 10.1 Å². The van der Waals surface area contributed by atoms with Crippen LogP contribution in [-0.4, -0.2) is 24.2 Å². The van der Waals surface area contributed by atoms with Crippen molar-refractivity contribution >= 4 is 23.3 Å². The number of benzene rings is 1. The van der Waals surface area contributed by atoms with Crippen molar-refractivity contribution in [3.63, 3.8) is 0 Å². The Hall–Kier alpha value is -1.30. The van der Waals surface area contributed by atoms with Gasteiger partial charge in [0.25, 0.3) is 0 Å². The van der Waals surface area contributed by atoms with Crippen LogP contribution >= 0.6 is 11.6 Å². The number of ether oxygens (including phenoxy) is 1. The van der Waals surface area contributed by atoms with Crippen LogP contribution in [0.25, 0.3) is 0 Å². The van der Waals surface area contributed by atoms with Crippen LogP contribution in [0.5, 0.6) is 0 Å². The van der Waals surface area contributed by atoms with Crippen LogP contribution in [0, 0.1) is 5.41 Å². The first-order valence-corrected chi connectivity index (χ1v) is 6.61. The van der Waals surface area contributed by atoms with E-state index < -0.39 is 23.7 Å². The van der Waals surface area contributed by atoms with Crippen LogP contribution in [0.4, 0.5) is 5.69 Å². The molecule has 2 atom stereocenters. The summed E-state index contributed by atoms with van der Waals surface area (Å²) in [5.41, 5.74) is 6.17. The molecular weight excluding hydrogens is 280 g/mol. The molecule has 0 radical (unpaired) electrons. The van der Waals surface area contributed by atoms with Crippen molar-refractivity contribution in [3.8, 4) is 0 Å². The molecule has 5 nitrogen and oxygen atoms in total. The summed E-state index contributed by atoms with van der Waals surface area (Å²) in [6.45, 7) is 5.64. The maximum absolute atomic E-state index is 11.8. The molecule has 20 heavy (non-hydrogen) atoms. The third-order valence-corrected chi connectivity index (χ3v) is 3.30. The fourth-order valence-electron chi connectivity index (χ4n) is 1.76. The highest BCUT2D eigenvalue weighted by atomic mass is 35.5. The van der Waals surface area contributed by atoms with Gasteiger partial charge in [0.05, 0.1) is 17.8 Å². The number of anilines is 1. The maximum atomic E-state index is 11.8. The summed E-state index contributed by atoms with van der Waals surface area (Å²) in [7, 11) is 1.31. The minimum Gasteiger partial charge on any atom is -0.468 e. The highest BCUT2D eigenvalue weighted by molar-refractivity contribution is 6.33. The lowest BCUT2D eigenvalue weighted by Crippen LogP contribution is -2.48. The first kappa shape index (κ1) is 16.8. The van der Waals surface area contributed by atoms with E-state index in [9.17, 15) is 9.90 Å². The van der Waals surface area contributed by atoms with Gasteiger partial charge in [0.2, 0.25) is 0 Å². The van der Waals surface area contributed by atoms with Gasteiger partial charge in [-0.25, -0.2) is 0 Å². The summed E-state index contributed by atoms with van der Waals surface area (Å²) >= 11 is 5.92. The average molecular weight is 301 g/mol. The zero-order valence-electron chi connectivity index (χ0n) is 12.1. The van der Waals surface area contributed by atoms with Crippen molar-refractivity contribution in [3.05, 3.63) is 28.8 Å². The molecule has 112 valence electrons. The van der Waals surface area contributed by atoms with Gasteiger partial charge in [-0.15, -0.1) is 0 Å². The van der Waals surface area contributed by atoms with Crippen molar-refractivity contribution in [2.45, 2.75) is 33.0 Å². The second-order valence-electron chi connectivity index (χ2n) is 5.67. The lowest BCUT2D eigenvalue weighted by atomic mass is 9.86. The summed E-state index contributed by atoms with van der Waals surface area (Å²) in [4.78, 5) is 11.8.